The predicted molar refractivity (Wildman–Crippen MR) is 80.1 cm³/mol. The average Bonchev–Trinajstić information content (AvgIpc) is 2.83. The van der Waals surface area contributed by atoms with Crippen LogP contribution in [0.4, 0.5) is 0 Å². The molecule has 0 amide bonds. The van der Waals surface area contributed by atoms with Gasteiger partial charge in [0.05, 0.1) is 0 Å². The predicted octanol–water partition coefficient (Wildman–Crippen LogP) is 3.52. The van der Waals surface area contributed by atoms with Crippen molar-refractivity contribution in [2.24, 2.45) is 5.92 Å². The lowest BCUT2D eigenvalue weighted by Crippen LogP contribution is -2.56. The monoisotopic (exact) mass is 266 g/mol. The fourth-order valence-corrected chi connectivity index (χ4v) is 3.67. The maximum Gasteiger partial charge on any atom is 0.0332 e. The van der Waals surface area contributed by atoms with Gasteiger partial charge in [0.2, 0.25) is 0 Å². The van der Waals surface area contributed by atoms with Gasteiger partial charge in [0.25, 0.3) is 0 Å². The van der Waals surface area contributed by atoms with Crippen LogP contribution in [0.3, 0.4) is 0 Å². The second-order valence-corrected chi connectivity index (χ2v) is 6.79. The van der Waals surface area contributed by atoms with Gasteiger partial charge in [-0.3, -0.25) is 4.90 Å². The molecule has 2 rings (SSSR count). The number of hydrogen-bond acceptors (Lipinski definition) is 3. The Balaban J connectivity index is 2.01. The van der Waals surface area contributed by atoms with Crippen molar-refractivity contribution in [3.63, 3.8) is 0 Å². The first-order valence-electron chi connectivity index (χ1n) is 7.09. The highest BCUT2D eigenvalue weighted by atomic mass is 32.1. The van der Waals surface area contributed by atoms with E-state index in [1.54, 1.807) is 11.3 Å². The molecule has 18 heavy (non-hydrogen) atoms. The highest BCUT2D eigenvalue weighted by Crippen LogP contribution is 2.27. The summed E-state index contributed by atoms with van der Waals surface area (Å²) in [7, 11) is 0. The summed E-state index contributed by atoms with van der Waals surface area (Å²) in [6, 6.07) is 4.09. The minimum absolute atomic E-state index is 0.544. The summed E-state index contributed by atoms with van der Waals surface area (Å²) >= 11 is 1.80. The quantitative estimate of drug-likeness (QED) is 0.897. The van der Waals surface area contributed by atoms with Crippen molar-refractivity contribution in [1.29, 1.82) is 0 Å². The Kier molecular flexibility index (Phi) is 4.82. The Labute approximate surface area is 115 Å². The minimum Gasteiger partial charge on any atom is -0.311 e. The molecule has 2 nitrogen and oxygen atoms in total. The molecule has 1 aliphatic rings. The molecule has 2 heterocycles. The second kappa shape index (κ2) is 6.18. The zero-order valence-electron chi connectivity index (χ0n) is 12.0. The Morgan fingerprint density at radius 3 is 2.83 bits per heavy atom. The Hall–Kier alpha value is -0.380. The van der Waals surface area contributed by atoms with Crippen molar-refractivity contribution in [3.05, 3.63) is 22.4 Å². The van der Waals surface area contributed by atoms with Gasteiger partial charge in [-0.1, -0.05) is 13.8 Å². The summed E-state index contributed by atoms with van der Waals surface area (Å²) in [6.45, 7) is 11.6. The normalized spacial score (nSPS) is 27.6. The number of nitrogens with zero attached hydrogens (tertiary/aromatic N) is 1. The van der Waals surface area contributed by atoms with E-state index in [0.717, 1.165) is 12.5 Å². The molecule has 0 aliphatic carbocycles. The lowest BCUT2D eigenvalue weighted by molar-refractivity contribution is 0.0925. The van der Waals surface area contributed by atoms with Gasteiger partial charge in [-0.15, -0.1) is 0 Å². The molecule has 0 spiro atoms. The van der Waals surface area contributed by atoms with Crippen molar-refractivity contribution in [2.75, 3.05) is 13.1 Å². The van der Waals surface area contributed by atoms with Gasteiger partial charge in [0, 0.05) is 31.2 Å². The Morgan fingerprint density at radius 2 is 2.22 bits per heavy atom. The van der Waals surface area contributed by atoms with E-state index in [0.29, 0.717) is 18.1 Å². The first-order chi connectivity index (χ1) is 8.58. The van der Waals surface area contributed by atoms with Crippen LogP contribution in [0, 0.1) is 5.92 Å². The zero-order chi connectivity index (χ0) is 13.1. The van der Waals surface area contributed by atoms with Gasteiger partial charge in [0.1, 0.15) is 0 Å². The fraction of sp³-hybridized carbons (Fsp3) is 0.733. The molecule has 1 N–H and O–H groups in total. The molecule has 3 heteroatoms. The van der Waals surface area contributed by atoms with Crippen LogP contribution < -0.4 is 5.32 Å². The SMILES string of the molecule is CC(C)CC1CN(C(C)c2ccsc2)C(C)CN1. The van der Waals surface area contributed by atoms with E-state index in [1.165, 1.54) is 18.5 Å². The molecule has 0 aromatic carbocycles. The van der Waals surface area contributed by atoms with E-state index < -0.39 is 0 Å². The van der Waals surface area contributed by atoms with Crippen LogP contribution in [0.15, 0.2) is 16.8 Å². The maximum absolute atomic E-state index is 3.69. The van der Waals surface area contributed by atoms with E-state index in [2.05, 4.69) is 54.7 Å². The van der Waals surface area contributed by atoms with Gasteiger partial charge in [-0.25, -0.2) is 0 Å². The third-order valence-electron chi connectivity index (χ3n) is 3.98. The van der Waals surface area contributed by atoms with Gasteiger partial charge in [-0.05, 0) is 48.6 Å². The second-order valence-electron chi connectivity index (χ2n) is 6.01. The smallest absolute Gasteiger partial charge is 0.0332 e. The molecule has 3 atom stereocenters. The molecular formula is C15H26N2S. The van der Waals surface area contributed by atoms with Crippen LogP contribution in [-0.4, -0.2) is 30.1 Å². The van der Waals surface area contributed by atoms with Crippen molar-refractivity contribution >= 4 is 11.3 Å². The van der Waals surface area contributed by atoms with Crippen LogP contribution in [-0.2, 0) is 0 Å². The van der Waals surface area contributed by atoms with E-state index in [1.807, 2.05) is 0 Å². The molecule has 1 fully saturated rings. The standard InChI is InChI=1S/C15H26N2S/c1-11(2)7-15-9-17(12(3)8-16-15)13(4)14-5-6-18-10-14/h5-6,10-13,15-16H,7-9H2,1-4H3. The third-order valence-corrected chi connectivity index (χ3v) is 4.68. The minimum atomic E-state index is 0.544. The first-order valence-corrected chi connectivity index (χ1v) is 8.03. The number of nitrogens with one attached hydrogen (secondary N) is 1. The average molecular weight is 266 g/mol. The molecule has 1 aromatic rings. The maximum atomic E-state index is 3.69. The lowest BCUT2D eigenvalue weighted by Gasteiger charge is -2.42. The summed E-state index contributed by atoms with van der Waals surface area (Å²) < 4.78 is 0. The highest BCUT2D eigenvalue weighted by Gasteiger charge is 2.29. The molecule has 102 valence electrons. The first kappa shape index (κ1) is 14.0. The molecule has 0 radical (unpaired) electrons. The van der Waals surface area contributed by atoms with Crippen LogP contribution >= 0.6 is 11.3 Å². The van der Waals surface area contributed by atoms with Crippen molar-refractivity contribution in [1.82, 2.24) is 10.2 Å². The molecule has 0 saturated carbocycles. The number of piperazine rings is 1. The third kappa shape index (κ3) is 3.34. The summed E-state index contributed by atoms with van der Waals surface area (Å²) in [5.41, 5.74) is 1.47. The molecule has 0 bridgehead atoms. The molecular weight excluding hydrogens is 240 g/mol. The van der Waals surface area contributed by atoms with Crippen molar-refractivity contribution in [3.8, 4) is 0 Å². The Bertz CT molecular complexity index is 347. The summed E-state index contributed by atoms with van der Waals surface area (Å²) in [5, 5.41) is 8.16. The topological polar surface area (TPSA) is 15.3 Å². The summed E-state index contributed by atoms with van der Waals surface area (Å²) in [6.07, 6.45) is 1.28. The number of hydrogen-bond donors (Lipinski definition) is 1. The molecule has 1 aliphatic heterocycles. The summed E-state index contributed by atoms with van der Waals surface area (Å²) in [4.78, 5) is 2.66. The highest BCUT2D eigenvalue weighted by molar-refractivity contribution is 7.07. The molecule has 1 saturated heterocycles. The van der Waals surface area contributed by atoms with Crippen LogP contribution in [0.2, 0.25) is 0 Å². The van der Waals surface area contributed by atoms with Crippen molar-refractivity contribution in [2.45, 2.75) is 52.2 Å². The van der Waals surface area contributed by atoms with Gasteiger partial charge in [-0.2, -0.15) is 11.3 Å². The number of thiophene rings is 1. The van der Waals surface area contributed by atoms with E-state index >= 15 is 0 Å². The fourth-order valence-electron chi connectivity index (χ4n) is 2.92. The summed E-state index contributed by atoms with van der Waals surface area (Å²) in [5.74, 6) is 0.772. The van der Waals surface area contributed by atoms with Crippen LogP contribution in [0.5, 0.6) is 0 Å². The number of rotatable bonds is 4. The van der Waals surface area contributed by atoms with Gasteiger partial charge < -0.3 is 5.32 Å². The lowest BCUT2D eigenvalue weighted by atomic mass is 9.98. The Morgan fingerprint density at radius 1 is 1.44 bits per heavy atom. The zero-order valence-corrected chi connectivity index (χ0v) is 12.8. The van der Waals surface area contributed by atoms with E-state index in [4.69, 9.17) is 0 Å². The molecule has 1 aromatic heterocycles. The van der Waals surface area contributed by atoms with E-state index in [-0.39, 0.29) is 0 Å². The van der Waals surface area contributed by atoms with E-state index in [9.17, 15) is 0 Å². The van der Waals surface area contributed by atoms with Gasteiger partial charge >= 0.3 is 0 Å². The van der Waals surface area contributed by atoms with Crippen LogP contribution in [0.25, 0.3) is 0 Å². The largest absolute Gasteiger partial charge is 0.311 e. The molecule has 3 unspecified atom stereocenters. The van der Waals surface area contributed by atoms with Gasteiger partial charge in [0.15, 0.2) is 0 Å². The van der Waals surface area contributed by atoms with Crippen molar-refractivity contribution < 1.29 is 0 Å². The van der Waals surface area contributed by atoms with Crippen LogP contribution in [0.1, 0.15) is 45.7 Å².